The van der Waals surface area contributed by atoms with Gasteiger partial charge in [0.05, 0.1) is 24.2 Å². The minimum absolute atomic E-state index is 0.0956. The molecule has 0 unspecified atom stereocenters. The molecule has 12 nitrogen and oxygen atoms in total. The van der Waals surface area contributed by atoms with Gasteiger partial charge in [-0.05, 0) is 42.6 Å². The molecule has 6 N–H and O–H groups in total. The van der Waals surface area contributed by atoms with Crippen molar-refractivity contribution in [3.63, 3.8) is 0 Å². The maximum absolute atomic E-state index is 14.1. The summed E-state index contributed by atoms with van der Waals surface area (Å²) in [5.74, 6) is -0.454. The second-order valence-corrected chi connectivity index (χ2v) is 13.9. The summed E-state index contributed by atoms with van der Waals surface area (Å²) in [6.07, 6.45) is 9.62. The maximum Gasteiger partial charge on any atom is 0.407 e. The third-order valence-electron chi connectivity index (χ3n) is 10.2. The number of carboxylic acid groups (broad SMARTS) is 1. The van der Waals surface area contributed by atoms with E-state index < -0.39 is 54.1 Å². The number of aliphatic hydroxyl groups excluding tert-OH is 1. The fourth-order valence-corrected chi connectivity index (χ4v) is 7.07. The van der Waals surface area contributed by atoms with E-state index in [4.69, 9.17) is 0 Å². The number of hydrogen-bond donors (Lipinski definition) is 6. The summed E-state index contributed by atoms with van der Waals surface area (Å²) in [6.45, 7) is 6.68. The first-order valence-electron chi connectivity index (χ1n) is 17.7. The normalized spacial score (nSPS) is 19.8. The summed E-state index contributed by atoms with van der Waals surface area (Å²) < 4.78 is 0. The molecular weight excluding hydrogens is 612 g/mol. The van der Waals surface area contributed by atoms with E-state index in [1.807, 2.05) is 30.3 Å². The van der Waals surface area contributed by atoms with Gasteiger partial charge in [-0.15, -0.1) is 0 Å². The molecule has 1 aromatic carbocycles. The van der Waals surface area contributed by atoms with Crippen LogP contribution in [0, 0.1) is 17.8 Å². The molecule has 264 valence electrons. The number of carbonyl (C=O) groups excluding carboxylic acids is 3. The second kappa shape index (κ2) is 18.0. The number of nitrogens with zero attached hydrogens (tertiary/aromatic N) is 2. The Morgan fingerprint density at radius 1 is 0.958 bits per heavy atom. The Morgan fingerprint density at radius 2 is 1.65 bits per heavy atom. The van der Waals surface area contributed by atoms with E-state index in [0.29, 0.717) is 42.7 Å². The number of carbonyl (C=O) groups is 4. The zero-order valence-corrected chi connectivity index (χ0v) is 28.6. The Morgan fingerprint density at radius 3 is 2.23 bits per heavy atom. The topological polar surface area (TPSA) is 177 Å². The molecule has 1 aliphatic heterocycles. The summed E-state index contributed by atoms with van der Waals surface area (Å²) >= 11 is 0. The number of likely N-dealkylation sites (tertiary alicyclic amines) is 1. The van der Waals surface area contributed by atoms with E-state index in [0.717, 1.165) is 42.6 Å². The van der Waals surface area contributed by atoms with Gasteiger partial charge in [0.15, 0.2) is 0 Å². The zero-order chi connectivity index (χ0) is 34.6. The van der Waals surface area contributed by atoms with E-state index >= 15 is 0 Å². The lowest BCUT2D eigenvalue weighted by molar-refractivity contribution is -0.135. The largest absolute Gasteiger partial charge is 0.465 e. The van der Waals surface area contributed by atoms with Gasteiger partial charge in [-0.1, -0.05) is 89.6 Å². The Bertz CT molecular complexity index is 1320. The van der Waals surface area contributed by atoms with Crippen LogP contribution in [0.5, 0.6) is 0 Å². The van der Waals surface area contributed by atoms with Crippen LogP contribution in [0.2, 0.25) is 0 Å². The van der Waals surface area contributed by atoms with Crippen molar-refractivity contribution in [2.45, 2.75) is 122 Å². The lowest BCUT2D eigenvalue weighted by Crippen LogP contribution is -2.62. The number of rotatable bonds is 17. The first kappa shape index (κ1) is 36.9. The van der Waals surface area contributed by atoms with Gasteiger partial charge in [0.25, 0.3) is 0 Å². The van der Waals surface area contributed by atoms with Crippen molar-refractivity contribution in [3.8, 4) is 0 Å². The molecule has 0 bridgehead atoms. The molecule has 12 heteroatoms. The molecule has 4 rings (SSSR count). The molecule has 1 saturated heterocycles. The van der Waals surface area contributed by atoms with Gasteiger partial charge in [0, 0.05) is 25.6 Å². The number of H-pyrrole nitrogens is 1. The van der Waals surface area contributed by atoms with Gasteiger partial charge in [-0.3, -0.25) is 19.3 Å². The molecule has 48 heavy (non-hydrogen) atoms. The number of aliphatic hydroxyl groups is 1. The highest BCUT2D eigenvalue weighted by atomic mass is 16.4. The molecular formula is C36H54N6O6. The van der Waals surface area contributed by atoms with Crippen LogP contribution >= 0.6 is 0 Å². The Labute approximate surface area is 283 Å². The Hall–Kier alpha value is -3.93. The maximum atomic E-state index is 14.1. The summed E-state index contributed by atoms with van der Waals surface area (Å²) in [4.78, 5) is 61.0. The summed E-state index contributed by atoms with van der Waals surface area (Å²) in [7, 11) is 0. The van der Waals surface area contributed by atoms with Crippen molar-refractivity contribution in [1.29, 1.82) is 0 Å². The molecule has 0 radical (unpaired) electrons. The van der Waals surface area contributed by atoms with Crippen LogP contribution < -0.4 is 16.0 Å². The fourth-order valence-electron chi connectivity index (χ4n) is 7.07. The average molecular weight is 667 g/mol. The van der Waals surface area contributed by atoms with Gasteiger partial charge < -0.3 is 31.1 Å². The SMILES string of the molecule is CC[C@@H](C[C@H](O)[C@H](CC1CCCCC1)NC(=O)[C@H](Cc1c[nH]cn1)NC(=O)[C@H](Cc1ccccc1)NC(=O)[C@@H]1CCN1C(=O)O)C(C)C. The van der Waals surface area contributed by atoms with Gasteiger partial charge in [-0.2, -0.15) is 0 Å². The molecule has 2 aliphatic rings. The molecule has 2 aromatic rings. The van der Waals surface area contributed by atoms with Crippen LogP contribution in [0.1, 0.15) is 89.8 Å². The molecule has 2 heterocycles. The first-order chi connectivity index (χ1) is 23.0. The van der Waals surface area contributed by atoms with E-state index in [1.54, 1.807) is 6.20 Å². The smallest absolute Gasteiger partial charge is 0.407 e. The number of benzene rings is 1. The lowest BCUT2D eigenvalue weighted by atomic mass is 9.80. The number of imidazole rings is 1. The van der Waals surface area contributed by atoms with Crippen LogP contribution in [0.15, 0.2) is 42.9 Å². The van der Waals surface area contributed by atoms with Crippen LogP contribution in [-0.4, -0.2) is 85.7 Å². The van der Waals surface area contributed by atoms with E-state index in [9.17, 15) is 29.4 Å². The quantitative estimate of drug-likeness (QED) is 0.149. The predicted octanol–water partition coefficient (Wildman–Crippen LogP) is 3.81. The van der Waals surface area contributed by atoms with Crippen LogP contribution in [0.25, 0.3) is 0 Å². The molecule has 1 saturated carbocycles. The minimum Gasteiger partial charge on any atom is -0.465 e. The van der Waals surface area contributed by atoms with Gasteiger partial charge in [0.2, 0.25) is 17.7 Å². The highest BCUT2D eigenvalue weighted by Gasteiger charge is 2.40. The van der Waals surface area contributed by atoms with Crippen molar-refractivity contribution in [2.75, 3.05) is 6.54 Å². The molecule has 0 spiro atoms. The van der Waals surface area contributed by atoms with Crippen molar-refractivity contribution in [3.05, 3.63) is 54.1 Å². The van der Waals surface area contributed by atoms with E-state index in [-0.39, 0.29) is 19.4 Å². The van der Waals surface area contributed by atoms with Crippen molar-refractivity contribution in [1.82, 2.24) is 30.8 Å². The lowest BCUT2D eigenvalue weighted by Gasteiger charge is -2.38. The standard InChI is InChI=1S/C36H54N6O6/c1-4-26(23(2)3)19-32(43)28(17-24-11-7-5-8-12-24)39-34(45)30(20-27-21-37-22-38-27)40-33(44)29(18-25-13-9-6-10-14-25)41-35(46)31-15-16-42(31)36(47)48/h6,9-10,13-14,21-24,26,28-32,43H,4-5,7-8,11-12,15-20H2,1-3H3,(H,37,38)(H,39,45)(H,40,44)(H,41,46)(H,47,48)/t26-,28-,29-,30-,31-,32-/m0/s1. The molecule has 1 aliphatic carbocycles. The monoisotopic (exact) mass is 666 g/mol. The summed E-state index contributed by atoms with van der Waals surface area (Å²) in [5.41, 5.74) is 1.36. The fraction of sp³-hybridized carbons (Fsp3) is 0.639. The summed E-state index contributed by atoms with van der Waals surface area (Å²) in [5, 5.41) is 29.7. The van der Waals surface area contributed by atoms with E-state index in [1.165, 1.54) is 12.7 Å². The average Bonchev–Trinajstić information content (AvgIpc) is 3.55. The summed E-state index contributed by atoms with van der Waals surface area (Å²) in [6, 6.07) is 5.73. The number of nitrogens with one attached hydrogen (secondary N) is 4. The molecule has 1 aromatic heterocycles. The van der Waals surface area contributed by atoms with E-state index in [2.05, 4.69) is 46.7 Å². The van der Waals surface area contributed by atoms with Gasteiger partial charge in [0.1, 0.15) is 18.1 Å². The minimum atomic E-state index is -1.19. The number of aromatic amines is 1. The highest BCUT2D eigenvalue weighted by molar-refractivity contribution is 5.94. The van der Waals surface area contributed by atoms with Crippen molar-refractivity contribution in [2.24, 2.45) is 17.8 Å². The second-order valence-electron chi connectivity index (χ2n) is 13.9. The van der Waals surface area contributed by atoms with Gasteiger partial charge in [-0.25, -0.2) is 9.78 Å². The molecule has 6 atom stereocenters. The molecule has 2 fully saturated rings. The van der Waals surface area contributed by atoms with Gasteiger partial charge >= 0.3 is 6.09 Å². The highest BCUT2D eigenvalue weighted by Crippen LogP contribution is 2.30. The number of hydrogen-bond acceptors (Lipinski definition) is 6. The third kappa shape index (κ3) is 10.5. The first-order valence-corrected chi connectivity index (χ1v) is 17.7. The molecule has 4 amide bonds. The van der Waals surface area contributed by atoms with Crippen LogP contribution in [0.4, 0.5) is 4.79 Å². The number of aromatic nitrogens is 2. The third-order valence-corrected chi connectivity index (χ3v) is 10.2. The van der Waals surface area contributed by atoms with Crippen molar-refractivity contribution >= 4 is 23.8 Å². The zero-order valence-electron chi connectivity index (χ0n) is 28.6. The Balaban J connectivity index is 1.54. The predicted molar refractivity (Wildman–Crippen MR) is 182 cm³/mol. The van der Waals surface area contributed by atoms with Crippen LogP contribution in [0.3, 0.4) is 0 Å². The number of amides is 4. The van der Waals surface area contributed by atoms with Crippen molar-refractivity contribution < 1.29 is 29.4 Å². The Kier molecular flexibility index (Phi) is 13.8. The van der Waals surface area contributed by atoms with Crippen LogP contribution in [-0.2, 0) is 27.2 Å².